The number of anilines is 2. The number of fused-ring (bicyclic) bond motifs is 2. The van der Waals surface area contributed by atoms with Crippen LogP contribution in [-0.2, 0) is 9.59 Å². The Kier molecular flexibility index (Phi) is 4.65. The normalized spacial score (nSPS) is 24.7. The Hall–Kier alpha value is -3.48. The van der Waals surface area contributed by atoms with Crippen LogP contribution in [0, 0.1) is 23.7 Å². The van der Waals surface area contributed by atoms with E-state index in [1.807, 2.05) is 12.2 Å². The molecule has 2 aliphatic carbocycles. The van der Waals surface area contributed by atoms with Crippen molar-refractivity contribution in [1.82, 2.24) is 4.98 Å². The molecule has 0 saturated heterocycles. The fraction of sp³-hybridized carbons (Fsp3) is 0.238. The Morgan fingerprint density at radius 3 is 2.29 bits per heavy atom. The van der Waals surface area contributed by atoms with Gasteiger partial charge in [-0.1, -0.05) is 18.2 Å². The summed E-state index contributed by atoms with van der Waals surface area (Å²) < 4.78 is 0. The molecule has 28 heavy (non-hydrogen) atoms. The molecule has 2 bridgehead atoms. The first kappa shape index (κ1) is 17.9. The van der Waals surface area contributed by atoms with Crippen LogP contribution in [0.5, 0.6) is 0 Å². The average Bonchev–Trinajstić information content (AvgIpc) is 3.31. The lowest BCUT2D eigenvalue weighted by molar-refractivity contribution is -0.146. The molecular formula is C21H19N3O4. The van der Waals surface area contributed by atoms with E-state index in [1.54, 1.807) is 48.7 Å². The van der Waals surface area contributed by atoms with Gasteiger partial charge in [0.05, 0.1) is 11.8 Å². The summed E-state index contributed by atoms with van der Waals surface area (Å²) in [7, 11) is 0. The maximum absolute atomic E-state index is 12.7. The summed E-state index contributed by atoms with van der Waals surface area (Å²) in [4.78, 5) is 40.5. The van der Waals surface area contributed by atoms with Crippen molar-refractivity contribution in [3.05, 3.63) is 66.4 Å². The van der Waals surface area contributed by atoms with Crippen molar-refractivity contribution in [3.63, 3.8) is 0 Å². The van der Waals surface area contributed by atoms with Crippen LogP contribution >= 0.6 is 0 Å². The SMILES string of the molecule is O=C(Nc1ccccn1)c1ccc(NC(=O)C2C3C=CC(C3)C2C(=O)O)cc1. The quantitative estimate of drug-likeness (QED) is 0.695. The van der Waals surface area contributed by atoms with Crippen molar-refractivity contribution in [1.29, 1.82) is 0 Å². The van der Waals surface area contributed by atoms with Gasteiger partial charge in [-0.25, -0.2) is 4.98 Å². The minimum absolute atomic E-state index is 0.0328. The lowest BCUT2D eigenvalue weighted by Crippen LogP contribution is -2.36. The number of allylic oxidation sites excluding steroid dienone is 2. The second-order valence-corrected chi connectivity index (χ2v) is 7.07. The molecule has 1 aromatic heterocycles. The number of benzene rings is 1. The van der Waals surface area contributed by atoms with E-state index in [1.165, 1.54) is 0 Å². The number of carboxylic acid groups (broad SMARTS) is 1. The molecule has 2 aliphatic rings. The molecular weight excluding hydrogens is 358 g/mol. The Balaban J connectivity index is 1.42. The van der Waals surface area contributed by atoms with E-state index in [0.717, 1.165) is 0 Å². The van der Waals surface area contributed by atoms with Crippen LogP contribution in [0.2, 0.25) is 0 Å². The zero-order chi connectivity index (χ0) is 19.7. The highest BCUT2D eigenvalue weighted by Gasteiger charge is 2.51. The van der Waals surface area contributed by atoms with E-state index < -0.39 is 17.8 Å². The molecule has 4 unspecified atom stereocenters. The van der Waals surface area contributed by atoms with Gasteiger partial charge in [0.2, 0.25) is 5.91 Å². The first-order valence-corrected chi connectivity index (χ1v) is 9.07. The molecule has 7 nitrogen and oxygen atoms in total. The summed E-state index contributed by atoms with van der Waals surface area (Å²) in [5.41, 5.74) is 0.949. The van der Waals surface area contributed by atoms with Crippen LogP contribution in [-0.4, -0.2) is 27.9 Å². The smallest absolute Gasteiger partial charge is 0.307 e. The third-order valence-electron chi connectivity index (χ3n) is 5.37. The number of carbonyl (C=O) groups excluding carboxylic acids is 2. The Labute approximate surface area is 161 Å². The third-order valence-corrected chi connectivity index (χ3v) is 5.37. The topological polar surface area (TPSA) is 108 Å². The van der Waals surface area contributed by atoms with Gasteiger partial charge in [-0.3, -0.25) is 14.4 Å². The molecule has 4 atom stereocenters. The van der Waals surface area contributed by atoms with Gasteiger partial charge in [0.1, 0.15) is 5.82 Å². The standard InChI is InChI=1S/C21H19N3O4/c25-19(24-16-3-1-2-10-22-16)12-6-8-15(9-7-12)23-20(26)17-13-4-5-14(11-13)18(17)21(27)28/h1-10,13-14,17-18H,11H2,(H,23,26)(H,27,28)(H,22,24,25). The van der Waals surface area contributed by atoms with Crippen molar-refractivity contribution in [3.8, 4) is 0 Å². The number of carbonyl (C=O) groups is 3. The van der Waals surface area contributed by atoms with Gasteiger partial charge in [-0.05, 0) is 54.7 Å². The van der Waals surface area contributed by atoms with E-state index >= 15 is 0 Å². The van der Waals surface area contributed by atoms with Crippen molar-refractivity contribution in [2.45, 2.75) is 6.42 Å². The molecule has 3 N–H and O–H groups in total. The van der Waals surface area contributed by atoms with Crippen LogP contribution in [0.25, 0.3) is 0 Å². The number of carboxylic acids is 1. The van der Waals surface area contributed by atoms with Gasteiger partial charge in [0, 0.05) is 17.4 Å². The van der Waals surface area contributed by atoms with Crippen molar-refractivity contribution >= 4 is 29.3 Å². The fourth-order valence-electron chi connectivity index (χ4n) is 4.07. The zero-order valence-corrected chi connectivity index (χ0v) is 14.9. The summed E-state index contributed by atoms with van der Waals surface area (Å²) in [6, 6.07) is 11.7. The number of hydrogen-bond donors (Lipinski definition) is 3. The molecule has 4 rings (SSSR count). The van der Waals surface area contributed by atoms with E-state index in [9.17, 15) is 19.5 Å². The Morgan fingerprint density at radius 1 is 0.929 bits per heavy atom. The van der Waals surface area contributed by atoms with E-state index in [-0.39, 0.29) is 23.7 Å². The van der Waals surface area contributed by atoms with Gasteiger partial charge in [-0.15, -0.1) is 0 Å². The van der Waals surface area contributed by atoms with Crippen LogP contribution in [0.3, 0.4) is 0 Å². The number of nitrogens with one attached hydrogen (secondary N) is 2. The second-order valence-electron chi connectivity index (χ2n) is 7.07. The first-order valence-electron chi connectivity index (χ1n) is 9.07. The lowest BCUT2D eigenvalue weighted by Gasteiger charge is -2.23. The van der Waals surface area contributed by atoms with Crippen molar-refractivity contribution < 1.29 is 19.5 Å². The number of nitrogens with zero attached hydrogens (tertiary/aromatic N) is 1. The minimum atomic E-state index is -0.932. The van der Waals surface area contributed by atoms with Crippen LogP contribution in [0.1, 0.15) is 16.8 Å². The molecule has 142 valence electrons. The van der Waals surface area contributed by atoms with E-state index in [4.69, 9.17) is 0 Å². The molecule has 1 fully saturated rings. The summed E-state index contributed by atoms with van der Waals surface area (Å²) in [6.07, 6.45) is 6.15. The van der Waals surface area contributed by atoms with E-state index in [0.29, 0.717) is 23.5 Å². The predicted octanol–water partition coefficient (Wildman–Crippen LogP) is 2.80. The monoisotopic (exact) mass is 377 g/mol. The van der Waals surface area contributed by atoms with Gasteiger partial charge >= 0.3 is 5.97 Å². The van der Waals surface area contributed by atoms with Gasteiger partial charge in [0.15, 0.2) is 0 Å². The highest BCUT2D eigenvalue weighted by Crippen LogP contribution is 2.48. The zero-order valence-electron chi connectivity index (χ0n) is 14.9. The summed E-state index contributed by atoms with van der Waals surface area (Å²) in [5.74, 6) is -2.44. The average molecular weight is 377 g/mol. The molecule has 7 heteroatoms. The second kappa shape index (κ2) is 7.26. The van der Waals surface area contributed by atoms with Crippen LogP contribution < -0.4 is 10.6 Å². The summed E-state index contributed by atoms with van der Waals surface area (Å²) in [5, 5.41) is 15.0. The predicted molar refractivity (Wildman–Crippen MR) is 103 cm³/mol. The molecule has 0 radical (unpaired) electrons. The third kappa shape index (κ3) is 3.38. The van der Waals surface area contributed by atoms with Gasteiger partial charge < -0.3 is 15.7 Å². The summed E-state index contributed by atoms with van der Waals surface area (Å²) in [6.45, 7) is 0. The molecule has 2 amide bonds. The lowest BCUT2D eigenvalue weighted by atomic mass is 9.82. The molecule has 0 spiro atoms. The molecule has 1 aromatic carbocycles. The number of aliphatic carboxylic acids is 1. The number of hydrogen-bond acceptors (Lipinski definition) is 4. The largest absolute Gasteiger partial charge is 0.481 e. The summed E-state index contributed by atoms with van der Waals surface area (Å²) >= 11 is 0. The maximum Gasteiger partial charge on any atom is 0.307 e. The Bertz CT molecular complexity index is 940. The van der Waals surface area contributed by atoms with Crippen molar-refractivity contribution in [2.75, 3.05) is 10.6 Å². The molecule has 1 saturated carbocycles. The fourth-order valence-corrected chi connectivity index (χ4v) is 4.07. The first-order chi connectivity index (χ1) is 13.5. The number of amides is 2. The number of aromatic nitrogens is 1. The Morgan fingerprint density at radius 2 is 1.64 bits per heavy atom. The molecule has 1 heterocycles. The minimum Gasteiger partial charge on any atom is -0.481 e. The van der Waals surface area contributed by atoms with Gasteiger partial charge in [0.25, 0.3) is 5.91 Å². The van der Waals surface area contributed by atoms with Crippen LogP contribution in [0.4, 0.5) is 11.5 Å². The molecule has 2 aromatic rings. The highest BCUT2D eigenvalue weighted by molar-refractivity contribution is 6.04. The number of rotatable bonds is 5. The van der Waals surface area contributed by atoms with Crippen LogP contribution in [0.15, 0.2) is 60.8 Å². The van der Waals surface area contributed by atoms with Crippen molar-refractivity contribution in [2.24, 2.45) is 23.7 Å². The van der Waals surface area contributed by atoms with Gasteiger partial charge in [-0.2, -0.15) is 0 Å². The highest BCUT2D eigenvalue weighted by atomic mass is 16.4. The maximum atomic E-state index is 12.7. The van der Waals surface area contributed by atoms with E-state index in [2.05, 4.69) is 15.6 Å². The number of pyridine rings is 1. The molecule has 0 aliphatic heterocycles.